The van der Waals surface area contributed by atoms with Gasteiger partial charge in [0.05, 0.1) is 29.4 Å². The second kappa shape index (κ2) is 7.61. The number of fused-ring (bicyclic) bond motifs is 2. The zero-order valence-electron chi connectivity index (χ0n) is 16.2. The third-order valence-electron chi connectivity index (χ3n) is 4.88. The molecular weight excluding hydrogens is 396 g/mol. The molecule has 0 aliphatic carbocycles. The number of amides is 1. The Bertz CT molecular complexity index is 1340. The summed E-state index contributed by atoms with van der Waals surface area (Å²) in [4.78, 5) is 18.1. The molecule has 0 saturated carbocycles. The Morgan fingerprint density at radius 3 is 2.73 bits per heavy atom. The predicted molar refractivity (Wildman–Crippen MR) is 119 cm³/mol. The van der Waals surface area contributed by atoms with Crippen molar-refractivity contribution in [3.05, 3.63) is 82.6 Å². The largest absolute Gasteiger partial charge is 0.497 e. The minimum atomic E-state index is -0.175. The van der Waals surface area contributed by atoms with E-state index in [1.54, 1.807) is 13.2 Å². The summed E-state index contributed by atoms with van der Waals surface area (Å²) in [6, 6.07) is 21.5. The molecule has 0 fully saturated rings. The fraction of sp³-hybridized carbons (Fsp3) is 0.0870. The second-order valence-corrected chi connectivity index (χ2v) is 7.79. The fourth-order valence-electron chi connectivity index (χ4n) is 3.39. The summed E-state index contributed by atoms with van der Waals surface area (Å²) in [7, 11) is 1.64. The van der Waals surface area contributed by atoms with Crippen LogP contribution in [0.2, 0.25) is 0 Å². The molecule has 0 atom stereocenters. The van der Waals surface area contributed by atoms with Gasteiger partial charge in [-0.3, -0.25) is 4.79 Å². The predicted octanol–water partition coefficient (Wildman–Crippen LogP) is 4.96. The molecule has 0 aliphatic heterocycles. The summed E-state index contributed by atoms with van der Waals surface area (Å²) in [6.07, 6.45) is 0. The van der Waals surface area contributed by atoms with Gasteiger partial charge in [0.1, 0.15) is 5.75 Å². The average Bonchev–Trinajstić information content (AvgIpc) is 3.42. The lowest BCUT2D eigenvalue weighted by molar-refractivity contribution is 0.103. The zero-order chi connectivity index (χ0) is 20.5. The first-order valence-corrected chi connectivity index (χ1v) is 10.3. The molecule has 0 radical (unpaired) electrons. The summed E-state index contributed by atoms with van der Waals surface area (Å²) >= 11 is 1.40. The quantitative estimate of drug-likeness (QED) is 0.442. The number of hydrogen-bond acceptors (Lipinski definition) is 5. The standard InChI is InChI=1S/C23H18N4O2S/c1-29-17-10-9-16-12-18-21(25-23(28)20-8-5-11-30-20)26-27(22(18)24-19(16)13-17)14-15-6-3-2-4-7-15/h2-13H,14H2,1H3,(H,25,26,28). The van der Waals surface area contributed by atoms with E-state index in [2.05, 4.69) is 5.32 Å². The Kier molecular flexibility index (Phi) is 4.65. The van der Waals surface area contributed by atoms with Crippen LogP contribution < -0.4 is 10.1 Å². The highest BCUT2D eigenvalue weighted by atomic mass is 32.1. The van der Waals surface area contributed by atoms with Gasteiger partial charge in [-0.2, -0.15) is 5.10 Å². The maximum Gasteiger partial charge on any atom is 0.266 e. The SMILES string of the molecule is COc1ccc2cc3c(NC(=O)c4cccs4)nn(Cc4ccccc4)c3nc2c1. The molecular formula is C23H18N4O2S. The minimum Gasteiger partial charge on any atom is -0.497 e. The number of carbonyl (C=O) groups is 1. The van der Waals surface area contributed by atoms with Crippen molar-refractivity contribution >= 4 is 45.0 Å². The van der Waals surface area contributed by atoms with Crippen LogP contribution in [-0.2, 0) is 6.54 Å². The number of aromatic nitrogens is 3. The molecule has 0 unspecified atom stereocenters. The van der Waals surface area contributed by atoms with E-state index in [0.29, 0.717) is 22.9 Å². The molecule has 3 aromatic heterocycles. The van der Waals surface area contributed by atoms with Crippen LogP contribution >= 0.6 is 11.3 Å². The van der Waals surface area contributed by atoms with Crippen molar-refractivity contribution in [1.29, 1.82) is 0 Å². The third kappa shape index (κ3) is 3.40. The number of hydrogen-bond donors (Lipinski definition) is 1. The molecule has 5 aromatic rings. The Labute approximate surface area is 176 Å². The van der Waals surface area contributed by atoms with Crippen molar-refractivity contribution in [2.75, 3.05) is 12.4 Å². The summed E-state index contributed by atoms with van der Waals surface area (Å²) in [5, 5.41) is 11.3. The summed E-state index contributed by atoms with van der Waals surface area (Å²) in [5.74, 6) is 1.07. The summed E-state index contributed by atoms with van der Waals surface area (Å²) < 4.78 is 7.17. The van der Waals surface area contributed by atoms with E-state index in [1.165, 1.54) is 11.3 Å². The molecule has 5 rings (SSSR count). The molecule has 0 spiro atoms. The number of nitrogens with zero attached hydrogens (tertiary/aromatic N) is 3. The molecule has 1 amide bonds. The van der Waals surface area contributed by atoms with Gasteiger partial charge in [0.15, 0.2) is 11.5 Å². The molecule has 3 heterocycles. The number of pyridine rings is 1. The van der Waals surface area contributed by atoms with E-state index in [9.17, 15) is 4.79 Å². The van der Waals surface area contributed by atoms with Crippen LogP contribution in [0.15, 0.2) is 72.1 Å². The van der Waals surface area contributed by atoms with Crippen molar-refractivity contribution < 1.29 is 9.53 Å². The van der Waals surface area contributed by atoms with Crippen molar-refractivity contribution in [2.24, 2.45) is 0 Å². The summed E-state index contributed by atoms with van der Waals surface area (Å²) in [6.45, 7) is 0.550. The van der Waals surface area contributed by atoms with Gasteiger partial charge in [0, 0.05) is 11.5 Å². The number of ether oxygens (including phenoxy) is 1. The molecule has 30 heavy (non-hydrogen) atoms. The maximum atomic E-state index is 12.6. The van der Waals surface area contributed by atoms with Crippen LogP contribution in [0, 0.1) is 0 Å². The van der Waals surface area contributed by atoms with E-state index in [-0.39, 0.29) is 5.91 Å². The number of thiophene rings is 1. The average molecular weight is 414 g/mol. The van der Waals surface area contributed by atoms with Crippen LogP contribution in [0.25, 0.3) is 21.9 Å². The van der Waals surface area contributed by atoms with Gasteiger partial charge in [-0.15, -0.1) is 11.3 Å². The number of nitrogens with one attached hydrogen (secondary N) is 1. The first-order chi connectivity index (χ1) is 14.7. The Balaban J connectivity index is 1.64. The lowest BCUT2D eigenvalue weighted by atomic mass is 10.1. The highest BCUT2D eigenvalue weighted by Crippen LogP contribution is 2.29. The van der Waals surface area contributed by atoms with Crippen LogP contribution in [0.3, 0.4) is 0 Å². The smallest absolute Gasteiger partial charge is 0.266 e. The van der Waals surface area contributed by atoms with Gasteiger partial charge in [-0.05, 0) is 35.2 Å². The van der Waals surface area contributed by atoms with Crippen molar-refractivity contribution in [3.63, 3.8) is 0 Å². The highest BCUT2D eigenvalue weighted by molar-refractivity contribution is 7.12. The van der Waals surface area contributed by atoms with Crippen LogP contribution in [-0.4, -0.2) is 27.8 Å². The third-order valence-corrected chi connectivity index (χ3v) is 5.75. The molecule has 0 aliphatic rings. The monoisotopic (exact) mass is 414 g/mol. The Hall–Kier alpha value is -3.71. The number of methoxy groups -OCH3 is 1. The van der Waals surface area contributed by atoms with Gasteiger partial charge in [0.2, 0.25) is 0 Å². The molecule has 1 N–H and O–H groups in total. The molecule has 0 bridgehead atoms. The normalized spacial score (nSPS) is 11.1. The molecule has 7 heteroatoms. The van der Waals surface area contributed by atoms with E-state index in [1.807, 2.05) is 70.7 Å². The minimum absolute atomic E-state index is 0.175. The van der Waals surface area contributed by atoms with E-state index in [4.69, 9.17) is 14.8 Å². The number of carbonyl (C=O) groups excluding carboxylic acids is 1. The Morgan fingerprint density at radius 2 is 1.97 bits per heavy atom. The van der Waals surface area contributed by atoms with Gasteiger partial charge in [-0.1, -0.05) is 36.4 Å². The second-order valence-electron chi connectivity index (χ2n) is 6.84. The van der Waals surface area contributed by atoms with Gasteiger partial charge in [0.25, 0.3) is 5.91 Å². The van der Waals surface area contributed by atoms with Crippen molar-refractivity contribution in [1.82, 2.24) is 14.8 Å². The van der Waals surface area contributed by atoms with Crippen LogP contribution in [0.5, 0.6) is 5.75 Å². The first-order valence-electron chi connectivity index (χ1n) is 9.45. The van der Waals surface area contributed by atoms with Gasteiger partial charge in [-0.25, -0.2) is 9.67 Å². The molecule has 148 valence electrons. The van der Waals surface area contributed by atoms with E-state index in [0.717, 1.165) is 27.6 Å². The van der Waals surface area contributed by atoms with Crippen molar-refractivity contribution in [3.8, 4) is 5.75 Å². The number of anilines is 1. The zero-order valence-corrected chi connectivity index (χ0v) is 17.0. The first kappa shape index (κ1) is 18.3. The van der Waals surface area contributed by atoms with E-state index >= 15 is 0 Å². The Morgan fingerprint density at radius 1 is 1.10 bits per heavy atom. The van der Waals surface area contributed by atoms with Crippen LogP contribution in [0.4, 0.5) is 5.82 Å². The molecule has 6 nitrogen and oxygen atoms in total. The van der Waals surface area contributed by atoms with Crippen LogP contribution in [0.1, 0.15) is 15.2 Å². The molecule has 2 aromatic carbocycles. The maximum absolute atomic E-state index is 12.6. The lowest BCUT2D eigenvalue weighted by Crippen LogP contribution is -2.11. The van der Waals surface area contributed by atoms with E-state index < -0.39 is 0 Å². The fourth-order valence-corrected chi connectivity index (χ4v) is 4.01. The molecule has 0 saturated heterocycles. The van der Waals surface area contributed by atoms with Gasteiger partial charge < -0.3 is 10.1 Å². The van der Waals surface area contributed by atoms with Gasteiger partial charge >= 0.3 is 0 Å². The summed E-state index contributed by atoms with van der Waals surface area (Å²) in [5.41, 5.74) is 2.62. The van der Waals surface area contributed by atoms with Crippen molar-refractivity contribution in [2.45, 2.75) is 6.54 Å². The topological polar surface area (TPSA) is 69.0 Å². The highest BCUT2D eigenvalue weighted by Gasteiger charge is 2.17. The number of rotatable bonds is 5. The lowest BCUT2D eigenvalue weighted by Gasteiger charge is -2.05. The number of benzene rings is 2.